The maximum Gasteiger partial charge on any atom is 0.258 e. The number of carbonyl (C=O) groups is 2. The summed E-state index contributed by atoms with van der Waals surface area (Å²) in [5, 5.41) is 13.2. The average molecular weight is 533 g/mol. The fourth-order valence-electron chi connectivity index (χ4n) is 4.78. The highest BCUT2D eigenvalue weighted by molar-refractivity contribution is 5.95. The number of likely N-dealkylation sites (tertiary alicyclic amines) is 1. The van der Waals surface area contributed by atoms with E-state index in [0.29, 0.717) is 67.3 Å². The number of aryl methyl sites for hydroxylation is 1. The summed E-state index contributed by atoms with van der Waals surface area (Å²) in [5.41, 5.74) is 1.34. The molecule has 204 valence electrons. The molecule has 4 aliphatic rings. The van der Waals surface area contributed by atoms with Crippen molar-refractivity contribution in [3.63, 3.8) is 0 Å². The van der Waals surface area contributed by atoms with E-state index >= 15 is 0 Å². The van der Waals surface area contributed by atoms with Gasteiger partial charge in [0, 0.05) is 31.3 Å². The number of fused-ring (bicyclic) bond motifs is 7. The number of carbonyl (C=O) groups excluding carboxylic acids is 2. The summed E-state index contributed by atoms with van der Waals surface area (Å²) in [6.45, 7) is 4.36. The van der Waals surface area contributed by atoms with E-state index in [-0.39, 0.29) is 30.6 Å². The molecule has 0 unspecified atom stereocenters. The minimum absolute atomic E-state index is 0.172. The predicted molar refractivity (Wildman–Crippen MR) is 141 cm³/mol. The van der Waals surface area contributed by atoms with Crippen molar-refractivity contribution >= 4 is 11.8 Å². The molecule has 2 aromatic carbocycles. The zero-order valence-corrected chi connectivity index (χ0v) is 21.8. The summed E-state index contributed by atoms with van der Waals surface area (Å²) in [6.07, 6.45) is 2.01. The molecule has 2 fully saturated rings. The van der Waals surface area contributed by atoms with Crippen LogP contribution in [0.25, 0.3) is 0 Å². The van der Waals surface area contributed by atoms with Crippen molar-refractivity contribution in [1.29, 1.82) is 0 Å². The first-order chi connectivity index (χ1) is 19.0. The number of aromatic nitrogens is 3. The summed E-state index contributed by atoms with van der Waals surface area (Å²) >= 11 is 0. The van der Waals surface area contributed by atoms with Crippen molar-refractivity contribution < 1.29 is 23.8 Å². The number of nitrogens with one attached hydrogen (secondary N) is 3. The van der Waals surface area contributed by atoms with E-state index in [0.717, 1.165) is 24.2 Å². The Morgan fingerprint density at radius 2 is 1.92 bits per heavy atom. The van der Waals surface area contributed by atoms with Crippen LogP contribution >= 0.6 is 0 Å². The van der Waals surface area contributed by atoms with Gasteiger partial charge < -0.3 is 24.8 Å². The molecule has 0 spiro atoms. The average Bonchev–Trinajstić information content (AvgIpc) is 3.57. The van der Waals surface area contributed by atoms with Crippen LogP contribution in [0.4, 0.5) is 0 Å². The number of aromatic amines is 1. The monoisotopic (exact) mass is 532 g/mol. The fourth-order valence-corrected chi connectivity index (χ4v) is 4.78. The Balaban J connectivity index is 1.26. The van der Waals surface area contributed by atoms with Crippen LogP contribution in [0.2, 0.25) is 0 Å². The van der Waals surface area contributed by atoms with Gasteiger partial charge in [-0.15, -0.1) is 0 Å². The van der Waals surface area contributed by atoms with Gasteiger partial charge in [-0.2, -0.15) is 5.10 Å². The van der Waals surface area contributed by atoms with Gasteiger partial charge in [-0.25, -0.2) is 4.98 Å². The number of nitrogens with zero attached hydrogens (tertiary/aromatic N) is 3. The van der Waals surface area contributed by atoms with Gasteiger partial charge in [0.1, 0.15) is 29.2 Å². The molecule has 11 heteroatoms. The van der Waals surface area contributed by atoms with E-state index in [2.05, 4.69) is 30.7 Å². The second-order valence-corrected chi connectivity index (χ2v) is 10.4. The maximum atomic E-state index is 13.5. The van der Waals surface area contributed by atoms with Crippen LogP contribution in [-0.2, 0) is 17.9 Å². The molecule has 1 aromatic heterocycles. The first-order valence-corrected chi connectivity index (χ1v) is 13.3. The molecule has 3 N–H and O–H groups in total. The summed E-state index contributed by atoms with van der Waals surface area (Å²) < 4.78 is 18.1. The highest BCUT2D eigenvalue weighted by atomic mass is 16.5. The zero-order valence-electron chi connectivity index (χ0n) is 21.8. The van der Waals surface area contributed by atoms with Gasteiger partial charge in [0.05, 0.1) is 19.2 Å². The van der Waals surface area contributed by atoms with Gasteiger partial charge in [0.15, 0.2) is 12.4 Å². The fraction of sp³-hybridized carbons (Fsp3) is 0.429. The molecule has 2 amide bonds. The molecule has 4 bridgehead atoms. The van der Waals surface area contributed by atoms with Crippen molar-refractivity contribution in [3.8, 4) is 17.2 Å². The van der Waals surface area contributed by atoms with Crippen molar-refractivity contribution in [3.05, 3.63) is 65.2 Å². The molecule has 3 aliphatic heterocycles. The quantitative estimate of drug-likeness (QED) is 0.455. The van der Waals surface area contributed by atoms with Gasteiger partial charge >= 0.3 is 0 Å². The molecule has 2 atom stereocenters. The lowest BCUT2D eigenvalue weighted by Gasteiger charge is -2.22. The molecule has 11 nitrogen and oxygen atoms in total. The highest BCUT2D eigenvalue weighted by Gasteiger charge is 2.36. The van der Waals surface area contributed by atoms with Crippen molar-refractivity contribution in [2.24, 2.45) is 5.92 Å². The van der Waals surface area contributed by atoms with Crippen LogP contribution < -0.4 is 24.8 Å². The predicted octanol–water partition coefficient (Wildman–Crippen LogP) is 1.97. The Bertz CT molecular complexity index is 1340. The normalized spacial score (nSPS) is 21.8. The minimum Gasteiger partial charge on any atom is -0.493 e. The van der Waals surface area contributed by atoms with Crippen molar-refractivity contribution in [2.75, 3.05) is 26.3 Å². The van der Waals surface area contributed by atoms with Gasteiger partial charge in [-0.3, -0.25) is 19.6 Å². The number of H-pyrrole nitrogens is 1. The SMILES string of the molecule is Cc1nc(CN2C[C@@H]3NC(=O)c4cc(cc(OCC5CC5)c4)OCC(=O)NCc4ccc(cc4)O[C@H]3C2)n[nH]1. The Labute approximate surface area is 226 Å². The Kier molecular flexibility index (Phi) is 7.06. The number of hydrogen-bond donors (Lipinski definition) is 3. The molecular formula is C28H32N6O5. The molecule has 7 rings (SSSR count). The second kappa shape index (κ2) is 10.9. The lowest BCUT2D eigenvalue weighted by atomic mass is 10.1. The highest BCUT2D eigenvalue weighted by Crippen LogP contribution is 2.31. The molecule has 39 heavy (non-hydrogen) atoms. The van der Waals surface area contributed by atoms with E-state index in [1.165, 1.54) is 0 Å². The smallest absolute Gasteiger partial charge is 0.258 e. The van der Waals surface area contributed by atoms with Gasteiger partial charge in [0.25, 0.3) is 11.8 Å². The lowest BCUT2D eigenvalue weighted by molar-refractivity contribution is -0.123. The van der Waals surface area contributed by atoms with Crippen LogP contribution in [0.3, 0.4) is 0 Å². The van der Waals surface area contributed by atoms with E-state index in [4.69, 9.17) is 14.2 Å². The van der Waals surface area contributed by atoms with E-state index in [1.807, 2.05) is 31.2 Å². The third kappa shape index (κ3) is 6.48. The Morgan fingerprint density at radius 1 is 1.08 bits per heavy atom. The standard InChI is InChI=1S/C28H32N6O5/c1-17-30-26(33-32-17)14-34-12-24-25(13-34)39-21-6-4-18(5-7-21)11-29-27(35)16-38-23-9-20(28(36)31-24)8-22(10-23)37-15-19-2-3-19/h4-10,19,24-25H,2-3,11-16H2,1H3,(H,29,35)(H,31,36)(H,30,32,33)/t24-,25-/m0/s1. The molecule has 1 aliphatic carbocycles. The molecule has 1 saturated carbocycles. The van der Waals surface area contributed by atoms with E-state index in [9.17, 15) is 9.59 Å². The second-order valence-electron chi connectivity index (χ2n) is 10.4. The zero-order chi connectivity index (χ0) is 26.8. The molecule has 1 saturated heterocycles. The van der Waals surface area contributed by atoms with Crippen LogP contribution in [0, 0.1) is 12.8 Å². The maximum absolute atomic E-state index is 13.5. The molecular weight excluding hydrogens is 500 g/mol. The summed E-state index contributed by atoms with van der Waals surface area (Å²) in [5.74, 6) is 3.11. The van der Waals surface area contributed by atoms with Crippen LogP contribution in [0.1, 0.15) is 40.4 Å². The largest absolute Gasteiger partial charge is 0.493 e. The summed E-state index contributed by atoms with van der Waals surface area (Å²) in [4.78, 5) is 32.5. The molecule has 4 heterocycles. The number of amides is 2. The van der Waals surface area contributed by atoms with Gasteiger partial charge in [0.2, 0.25) is 0 Å². The topological polar surface area (TPSA) is 131 Å². The van der Waals surface area contributed by atoms with Gasteiger partial charge in [-0.05, 0) is 55.5 Å². The van der Waals surface area contributed by atoms with Crippen molar-refractivity contribution in [1.82, 2.24) is 30.7 Å². The molecule has 0 radical (unpaired) electrons. The summed E-state index contributed by atoms with van der Waals surface area (Å²) in [6, 6.07) is 12.4. The van der Waals surface area contributed by atoms with Crippen molar-refractivity contribution in [2.45, 2.75) is 45.0 Å². The van der Waals surface area contributed by atoms with E-state index < -0.39 is 0 Å². The molecule has 3 aromatic rings. The van der Waals surface area contributed by atoms with E-state index in [1.54, 1.807) is 18.2 Å². The first kappa shape index (κ1) is 25.2. The first-order valence-electron chi connectivity index (χ1n) is 13.3. The van der Waals surface area contributed by atoms with Crippen LogP contribution in [0.15, 0.2) is 42.5 Å². The number of ether oxygens (including phenoxy) is 3. The number of rotatable bonds is 5. The Hall–Kier alpha value is -4.12. The number of benzene rings is 2. The summed E-state index contributed by atoms with van der Waals surface area (Å²) in [7, 11) is 0. The van der Waals surface area contributed by atoms with Crippen LogP contribution in [-0.4, -0.2) is 70.3 Å². The number of hydrogen-bond acceptors (Lipinski definition) is 8. The minimum atomic E-state index is -0.291. The third-order valence-corrected chi connectivity index (χ3v) is 7.06. The third-order valence-electron chi connectivity index (χ3n) is 7.06. The van der Waals surface area contributed by atoms with Gasteiger partial charge in [-0.1, -0.05) is 12.1 Å². The lowest BCUT2D eigenvalue weighted by Crippen LogP contribution is -2.45. The Morgan fingerprint density at radius 3 is 2.69 bits per heavy atom. The van der Waals surface area contributed by atoms with Crippen LogP contribution in [0.5, 0.6) is 17.2 Å².